The zero-order valence-corrected chi connectivity index (χ0v) is 18.1. The molecule has 0 aromatic heterocycles. The van der Waals surface area contributed by atoms with Crippen molar-refractivity contribution < 1.29 is 28.9 Å². The molecule has 31 heavy (non-hydrogen) atoms. The van der Waals surface area contributed by atoms with Gasteiger partial charge in [0.05, 0.1) is 12.2 Å². The third kappa shape index (κ3) is 3.95. The zero-order chi connectivity index (χ0) is 21.1. The zero-order valence-electron chi connectivity index (χ0n) is 18.1. The molecule has 0 radical (unpaired) electrons. The van der Waals surface area contributed by atoms with Gasteiger partial charge >= 0.3 is 18.4 Å². The SMILES string of the molecule is O=C(O)C=CC(=O)OC(OC1C2CC3CC(C2)CC1C3)OC1C2CC3CC(C2)CC1C3. The van der Waals surface area contributed by atoms with E-state index < -0.39 is 18.4 Å². The predicted octanol–water partition coefficient (Wildman–Crippen LogP) is 4.14. The molecule has 0 aliphatic heterocycles. The molecule has 0 aromatic rings. The van der Waals surface area contributed by atoms with Crippen LogP contribution in [0.5, 0.6) is 0 Å². The van der Waals surface area contributed by atoms with Gasteiger partial charge in [0.2, 0.25) is 0 Å². The van der Waals surface area contributed by atoms with E-state index in [-0.39, 0.29) is 12.2 Å². The summed E-state index contributed by atoms with van der Waals surface area (Å²) in [6.07, 6.45) is 14.4. The van der Waals surface area contributed by atoms with Crippen LogP contribution in [0, 0.1) is 47.3 Å². The van der Waals surface area contributed by atoms with Gasteiger partial charge in [0.15, 0.2) is 0 Å². The van der Waals surface area contributed by atoms with Gasteiger partial charge in [-0.1, -0.05) is 0 Å². The number of aliphatic carboxylic acids is 1. The molecule has 170 valence electrons. The summed E-state index contributed by atoms with van der Waals surface area (Å²) < 4.78 is 18.5. The number of carbonyl (C=O) groups excluding carboxylic acids is 1. The van der Waals surface area contributed by atoms with Gasteiger partial charge < -0.3 is 19.3 Å². The molecule has 0 aromatic carbocycles. The van der Waals surface area contributed by atoms with Crippen molar-refractivity contribution in [1.29, 1.82) is 0 Å². The fourth-order valence-electron chi connectivity index (χ4n) is 8.81. The lowest BCUT2D eigenvalue weighted by Gasteiger charge is -2.55. The minimum absolute atomic E-state index is 0.0888. The summed E-state index contributed by atoms with van der Waals surface area (Å²) in [5.74, 6) is 3.63. The Bertz CT molecular complexity index is 659. The number of ether oxygens (including phenoxy) is 3. The molecule has 6 nitrogen and oxygen atoms in total. The van der Waals surface area contributed by atoms with Crippen molar-refractivity contribution in [3.05, 3.63) is 12.2 Å². The third-order valence-corrected chi connectivity index (χ3v) is 9.39. The maximum absolute atomic E-state index is 12.3. The Kier molecular flexibility index (Phi) is 5.14. The molecule has 8 saturated carbocycles. The average molecular weight is 431 g/mol. The highest BCUT2D eigenvalue weighted by atomic mass is 16.9. The van der Waals surface area contributed by atoms with E-state index in [0.29, 0.717) is 23.7 Å². The Morgan fingerprint density at radius 1 is 0.645 bits per heavy atom. The molecule has 8 rings (SSSR count). The van der Waals surface area contributed by atoms with Crippen LogP contribution in [0.15, 0.2) is 12.2 Å². The highest BCUT2D eigenvalue weighted by Crippen LogP contribution is 2.56. The van der Waals surface area contributed by atoms with Gasteiger partial charge in [-0.3, -0.25) is 0 Å². The highest BCUT2D eigenvalue weighted by molar-refractivity contribution is 5.90. The van der Waals surface area contributed by atoms with Gasteiger partial charge in [0.1, 0.15) is 0 Å². The molecule has 0 amide bonds. The summed E-state index contributed by atoms with van der Waals surface area (Å²) in [6.45, 7) is -1.03. The molecule has 8 aliphatic rings. The smallest absolute Gasteiger partial charge is 0.335 e. The molecule has 8 bridgehead atoms. The maximum Gasteiger partial charge on any atom is 0.335 e. The Labute approximate surface area is 183 Å². The first-order chi connectivity index (χ1) is 15.0. The number of hydrogen-bond donors (Lipinski definition) is 1. The second-order valence-corrected chi connectivity index (χ2v) is 11.5. The second-order valence-electron chi connectivity index (χ2n) is 11.5. The van der Waals surface area contributed by atoms with Crippen LogP contribution in [0.2, 0.25) is 0 Å². The quantitative estimate of drug-likeness (QED) is 0.371. The minimum atomic E-state index is -1.17. The molecule has 0 unspecified atom stereocenters. The largest absolute Gasteiger partial charge is 0.478 e. The van der Waals surface area contributed by atoms with Gasteiger partial charge in [-0.15, -0.1) is 0 Å². The summed E-state index contributed by atoms with van der Waals surface area (Å²) >= 11 is 0. The lowest BCUT2D eigenvalue weighted by molar-refractivity contribution is -0.343. The van der Waals surface area contributed by atoms with Crippen LogP contribution in [0.1, 0.15) is 64.2 Å². The standard InChI is InChI=1S/C25H34O6/c26-21(27)1-2-22(28)29-25(30-23-17-5-13-3-14(7-17)8-18(23)6-13)31-24-19-9-15-4-16(11-19)12-20(24)10-15/h1-2,13-20,23-25H,3-12H2,(H,26,27). The van der Waals surface area contributed by atoms with Crippen molar-refractivity contribution in [2.24, 2.45) is 47.3 Å². The van der Waals surface area contributed by atoms with Gasteiger partial charge in [-0.2, -0.15) is 0 Å². The molecule has 8 aliphatic carbocycles. The van der Waals surface area contributed by atoms with E-state index in [1.54, 1.807) is 0 Å². The van der Waals surface area contributed by atoms with E-state index in [1.807, 2.05) is 0 Å². The van der Waals surface area contributed by atoms with E-state index in [0.717, 1.165) is 35.8 Å². The van der Waals surface area contributed by atoms with Crippen molar-refractivity contribution in [2.75, 3.05) is 0 Å². The van der Waals surface area contributed by atoms with E-state index in [1.165, 1.54) is 64.2 Å². The number of esters is 1. The number of rotatable bonds is 7. The Morgan fingerprint density at radius 2 is 1.03 bits per heavy atom. The van der Waals surface area contributed by atoms with Crippen LogP contribution in [0.25, 0.3) is 0 Å². The number of carbonyl (C=O) groups is 2. The first-order valence-electron chi connectivity index (χ1n) is 12.4. The van der Waals surface area contributed by atoms with Gasteiger partial charge in [-0.05, 0) is 112 Å². The first kappa shape index (κ1) is 20.2. The second kappa shape index (κ2) is 7.87. The summed E-state index contributed by atoms with van der Waals surface area (Å²) in [7, 11) is 0. The Balaban J connectivity index is 1.17. The lowest BCUT2D eigenvalue weighted by atomic mass is 9.55. The van der Waals surface area contributed by atoms with E-state index >= 15 is 0 Å². The summed E-state index contributed by atoms with van der Waals surface area (Å²) in [5.41, 5.74) is 0. The number of carboxylic acids is 1. The topological polar surface area (TPSA) is 82.1 Å². The molecule has 0 spiro atoms. The van der Waals surface area contributed by atoms with E-state index in [2.05, 4.69) is 0 Å². The third-order valence-electron chi connectivity index (χ3n) is 9.39. The minimum Gasteiger partial charge on any atom is -0.478 e. The van der Waals surface area contributed by atoms with E-state index in [9.17, 15) is 9.59 Å². The van der Waals surface area contributed by atoms with Crippen molar-refractivity contribution in [1.82, 2.24) is 0 Å². The Morgan fingerprint density at radius 3 is 1.39 bits per heavy atom. The van der Waals surface area contributed by atoms with Crippen molar-refractivity contribution in [3.63, 3.8) is 0 Å². The van der Waals surface area contributed by atoms with Gasteiger partial charge in [0, 0.05) is 12.2 Å². The van der Waals surface area contributed by atoms with Crippen LogP contribution in [0.3, 0.4) is 0 Å². The molecule has 0 saturated heterocycles. The van der Waals surface area contributed by atoms with Crippen LogP contribution >= 0.6 is 0 Å². The normalized spacial score (nSPS) is 47.7. The highest BCUT2D eigenvalue weighted by Gasteiger charge is 2.52. The Hall–Kier alpha value is -1.40. The number of carboxylic acid groups (broad SMARTS) is 1. The molecule has 1 N–H and O–H groups in total. The van der Waals surface area contributed by atoms with Crippen LogP contribution in [0.4, 0.5) is 0 Å². The monoisotopic (exact) mass is 430 g/mol. The molecule has 0 atom stereocenters. The first-order valence-corrected chi connectivity index (χ1v) is 12.4. The molecule has 6 heteroatoms. The maximum atomic E-state index is 12.3. The van der Waals surface area contributed by atoms with Crippen molar-refractivity contribution in [3.8, 4) is 0 Å². The fraction of sp³-hybridized carbons (Fsp3) is 0.840. The van der Waals surface area contributed by atoms with Crippen LogP contribution in [-0.2, 0) is 23.8 Å². The van der Waals surface area contributed by atoms with Crippen molar-refractivity contribution in [2.45, 2.75) is 82.9 Å². The van der Waals surface area contributed by atoms with E-state index in [4.69, 9.17) is 19.3 Å². The average Bonchev–Trinajstić information content (AvgIpc) is 2.70. The molecular formula is C25H34O6. The van der Waals surface area contributed by atoms with Gasteiger partial charge in [-0.25, -0.2) is 9.59 Å². The summed E-state index contributed by atoms with van der Waals surface area (Å²) in [5, 5.41) is 8.84. The van der Waals surface area contributed by atoms with Crippen LogP contribution in [-0.4, -0.2) is 35.7 Å². The van der Waals surface area contributed by atoms with Crippen LogP contribution < -0.4 is 0 Å². The fourth-order valence-corrected chi connectivity index (χ4v) is 8.81. The summed E-state index contributed by atoms with van der Waals surface area (Å²) in [6, 6.07) is 0. The van der Waals surface area contributed by atoms with Crippen molar-refractivity contribution >= 4 is 11.9 Å². The van der Waals surface area contributed by atoms with Gasteiger partial charge in [0.25, 0.3) is 0 Å². The molecular weight excluding hydrogens is 396 g/mol. The summed E-state index contributed by atoms with van der Waals surface area (Å²) in [4.78, 5) is 23.1. The molecule has 8 fully saturated rings. The molecule has 0 heterocycles. The lowest BCUT2D eigenvalue weighted by Crippen LogP contribution is -2.53. The number of hydrogen-bond acceptors (Lipinski definition) is 5. The predicted molar refractivity (Wildman–Crippen MR) is 110 cm³/mol.